The van der Waals surface area contributed by atoms with Crippen molar-refractivity contribution in [2.45, 2.75) is 17.3 Å². The van der Waals surface area contributed by atoms with Crippen LogP contribution in [0.4, 0.5) is 0 Å². The summed E-state index contributed by atoms with van der Waals surface area (Å²) in [6.45, 7) is 0.540. The second-order valence-electron chi connectivity index (χ2n) is 5.58. The van der Waals surface area contributed by atoms with Crippen LogP contribution in [0.15, 0.2) is 51.5 Å². The molecule has 1 amide bonds. The van der Waals surface area contributed by atoms with E-state index in [-0.39, 0.29) is 18.1 Å². The number of carbonyl (C=O) groups excluding carboxylic acids is 2. The summed E-state index contributed by atoms with van der Waals surface area (Å²) in [5.41, 5.74) is 1.37. The molecule has 0 aliphatic rings. The van der Waals surface area contributed by atoms with E-state index in [0.29, 0.717) is 17.9 Å². The lowest BCUT2D eigenvalue weighted by molar-refractivity contribution is -0.120. The predicted molar refractivity (Wildman–Crippen MR) is 110 cm³/mol. The van der Waals surface area contributed by atoms with E-state index in [0.717, 1.165) is 20.7 Å². The van der Waals surface area contributed by atoms with Gasteiger partial charge in [0.25, 0.3) is 0 Å². The van der Waals surface area contributed by atoms with Crippen molar-refractivity contribution in [2.75, 3.05) is 12.9 Å². The molecule has 2 heterocycles. The van der Waals surface area contributed by atoms with Crippen LogP contribution < -0.4 is 10.1 Å². The van der Waals surface area contributed by atoms with Gasteiger partial charge in [0, 0.05) is 15.8 Å². The molecule has 27 heavy (non-hydrogen) atoms. The molecule has 0 atom stereocenters. The minimum absolute atomic E-state index is 0.0353. The van der Waals surface area contributed by atoms with Gasteiger partial charge in [0.15, 0.2) is 10.1 Å². The lowest BCUT2D eigenvalue weighted by Crippen LogP contribution is -2.24. The maximum absolute atomic E-state index is 12.3. The Morgan fingerprint density at radius 1 is 1.19 bits per heavy atom. The number of ketones is 1. The topological polar surface area (TPSA) is 68.3 Å². The summed E-state index contributed by atoms with van der Waals surface area (Å²) in [7, 11) is 1.59. The number of Topliss-reactive ketones (excluding diaryl/α,β-unsaturated/α-hetero) is 1. The van der Waals surface area contributed by atoms with Crippen molar-refractivity contribution in [3.05, 3.63) is 63.3 Å². The fraction of sp³-hybridized carbons (Fsp3) is 0.211. The third kappa shape index (κ3) is 5.92. The van der Waals surface area contributed by atoms with Crippen LogP contribution in [0.5, 0.6) is 5.75 Å². The number of nitrogens with zero attached hydrogens (tertiary/aromatic N) is 1. The monoisotopic (exact) mass is 418 g/mol. The van der Waals surface area contributed by atoms with Crippen molar-refractivity contribution < 1.29 is 14.3 Å². The number of hydrogen-bond donors (Lipinski definition) is 1. The molecule has 0 fully saturated rings. The molecule has 0 bridgehead atoms. The van der Waals surface area contributed by atoms with E-state index in [2.05, 4.69) is 10.3 Å². The van der Waals surface area contributed by atoms with Crippen LogP contribution in [-0.4, -0.2) is 29.5 Å². The lowest BCUT2D eigenvalue weighted by atomic mass is 10.1. The summed E-state index contributed by atoms with van der Waals surface area (Å²) in [6.07, 6.45) is 0.245. The summed E-state index contributed by atoms with van der Waals surface area (Å²) in [5, 5.41) is 6.74. The SMILES string of the molecule is COc1ccc(C(=O)CSc2nc(CC(=O)NCc3cccs3)cs2)cc1. The van der Waals surface area contributed by atoms with Crippen molar-refractivity contribution in [2.24, 2.45) is 0 Å². The van der Waals surface area contributed by atoms with Crippen LogP contribution in [0, 0.1) is 0 Å². The number of carbonyl (C=O) groups is 2. The second kappa shape index (κ2) is 9.68. The number of hydrogen-bond acceptors (Lipinski definition) is 7. The van der Waals surface area contributed by atoms with Crippen LogP contribution in [0.25, 0.3) is 0 Å². The molecule has 140 valence electrons. The van der Waals surface area contributed by atoms with E-state index in [1.807, 2.05) is 22.9 Å². The van der Waals surface area contributed by atoms with E-state index in [1.54, 1.807) is 42.7 Å². The molecule has 0 saturated heterocycles. The molecule has 0 saturated carbocycles. The fourth-order valence-corrected chi connectivity index (χ4v) is 4.63. The van der Waals surface area contributed by atoms with Gasteiger partial charge in [-0.05, 0) is 35.7 Å². The Kier molecular flexibility index (Phi) is 7.03. The largest absolute Gasteiger partial charge is 0.497 e. The van der Waals surface area contributed by atoms with Crippen LogP contribution in [0.2, 0.25) is 0 Å². The quantitative estimate of drug-likeness (QED) is 0.419. The standard InChI is InChI=1S/C19H18N2O3S3/c1-24-15-6-4-13(5-7-15)17(22)12-27-19-21-14(11-26-19)9-18(23)20-10-16-3-2-8-25-16/h2-8,11H,9-10,12H2,1H3,(H,20,23). The summed E-state index contributed by atoms with van der Waals surface area (Å²) in [5.74, 6) is 1.01. The Morgan fingerprint density at radius 2 is 2.00 bits per heavy atom. The number of nitrogens with one attached hydrogen (secondary N) is 1. The highest BCUT2D eigenvalue weighted by Crippen LogP contribution is 2.24. The summed E-state index contributed by atoms with van der Waals surface area (Å²) in [4.78, 5) is 29.8. The van der Waals surface area contributed by atoms with Crippen LogP contribution in [0.3, 0.4) is 0 Å². The number of rotatable bonds is 9. The summed E-state index contributed by atoms with van der Waals surface area (Å²) >= 11 is 4.46. The van der Waals surface area contributed by atoms with E-state index in [9.17, 15) is 9.59 Å². The zero-order valence-corrected chi connectivity index (χ0v) is 17.1. The minimum Gasteiger partial charge on any atom is -0.497 e. The average molecular weight is 419 g/mol. The van der Waals surface area contributed by atoms with Crippen molar-refractivity contribution in [3.8, 4) is 5.75 Å². The Balaban J connectivity index is 1.45. The van der Waals surface area contributed by atoms with Crippen molar-refractivity contribution in [1.82, 2.24) is 10.3 Å². The van der Waals surface area contributed by atoms with Gasteiger partial charge in [-0.2, -0.15) is 0 Å². The Hall–Kier alpha value is -2.16. The maximum Gasteiger partial charge on any atom is 0.226 e. The van der Waals surface area contributed by atoms with Gasteiger partial charge >= 0.3 is 0 Å². The first kappa shape index (κ1) is 19.6. The molecule has 1 aromatic carbocycles. The Bertz CT molecular complexity index is 889. The molecule has 0 aliphatic heterocycles. The van der Waals surface area contributed by atoms with Gasteiger partial charge in [-0.25, -0.2) is 4.98 Å². The fourth-order valence-electron chi connectivity index (χ4n) is 2.25. The number of thiazole rings is 1. The molecule has 0 aliphatic carbocycles. The van der Waals surface area contributed by atoms with Gasteiger partial charge in [-0.15, -0.1) is 22.7 Å². The molecule has 0 radical (unpaired) electrons. The number of ether oxygens (including phenoxy) is 1. The van der Waals surface area contributed by atoms with E-state index in [1.165, 1.54) is 23.1 Å². The van der Waals surface area contributed by atoms with Crippen molar-refractivity contribution >= 4 is 46.1 Å². The predicted octanol–water partition coefficient (Wildman–Crippen LogP) is 4.05. The highest BCUT2D eigenvalue weighted by atomic mass is 32.2. The average Bonchev–Trinajstić information content (AvgIpc) is 3.36. The Labute approximate surface area is 169 Å². The number of methoxy groups -OCH3 is 1. The van der Waals surface area contributed by atoms with Gasteiger partial charge in [0.1, 0.15) is 5.75 Å². The lowest BCUT2D eigenvalue weighted by Gasteiger charge is -2.02. The minimum atomic E-state index is -0.0560. The van der Waals surface area contributed by atoms with Gasteiger partial charge in [0.05, 0.1) is 31.5 Å². The van der Waals surface area contributed by atoms with Gasteiger partial charge in [-0.3, -0.25) is 9.59 Å². The second-order valence-corrected chi connectivity index (χ2v) is 8.69. The molecule has 0 unspecified atom stereocenters. The number of benzene rings is 1. The molecule has 0 spiro atoms. The molecule has 8 heteroatoms. The number of aromatic nitrogens is 1. The molecular weight excluding hydrogens is 400 g/mol. The van der Waals surface area contributed by atoms with Crippen molar-refractivity contribution in [1.29, 1.82) is 0 Å². The normalized spacial score (nSPS) is 10.6. The van der Waals surface area contributed by atoms with Gasteiger partial charge in [-0.1, -0.05) is 17.8 Å². The van der Waals surface area contributed by atoms with Gasteiger partial charge in [0.2, 0.25) is 5.91 Å². The summed E-state index contributed by atoms with van der Waals surface area (Å²) < 4.78 is 5.88. The molecule has 2 aromatic heterocycles. The number of thiophene rings is 1. The van der Waals surface area contributed by atoms with Gasteiger partial charge < -0.3 is 10.1 Å². The van der Waals surface area contributed by atoms with E-state index in [4.69, 9.17) is 4.74 Å². The van der Waals surface area contributed by atoms with E-state index >= 15 is 0 Å². The maximum atomic E-state index is 12.3. The number of thioether (sulfide) groups is 1. The van der Waals surface area contributed by atoms with Crippen LogP contribution in [-0.2, 0) is 17.8 Å². The molecular formula is C19H18N2O3S3. The first-order valence-corrected chi connectivity index (χ1v) is 10.9. The smallest absolute Gasteiger partial charge is 0.226 e. The summed E-state index contributed by atoms with van der Waals surface area (Å²) in [6, 6.07) is 11.0. The zero-order chi connectivity index (χ0) is 19.1. The van der Waals surface area contributed by atoms with Crippen LogP contribution in [0.1, 0.15) is 20.9 Å². The third-order valence-electron chi connectivity index (χ3n) is 3.65. The van der Waals surface area contributed by atoms with Crippen LogP contribution >= 0.6 is 34.4 Å². The molecule has 3 aromatic rings. The first-order valence-electron chi connectivity index (χ1n) is 8.17. The Morgan fingerprint density at radius 3 is 2.70 bits per heavy atom. The molecule has 3 rings (SSSR count). The van der Waals surface area contributed by atoms with E-state index < -0.39 is 0 Å². The molecule has 5 nitrogen and oxygen atoms in total. The number of amides is 1. The molecule has 1 N–H and O–H groups in total. The highest BCUT2D eigenvalue weighted by molar-refractivity contribution is 8.01. The third-order valence-corrected chi connectivity index (χ3v) is 6.60. The highest BCUT2D eigenvalue weighted by Gasteiger charge is 2.11. The first-order chi connectivity index (χ1) is 13.1. The van der Waals surface area contributed by atoms with Crippen molar-refractivity contribution in [3.63, 3.8) is 0 Å². The zero-order valence-electron chi connectivity index (χ0n) is 14.6.